The van der Waals surface area contributed by atoms with E-state index < -0.39 is 34.4 Å². The van der Waals surface area contributed by atoms with Crippen LogP contribution in [-0.4, -0.2) is 9.97 Å². The number of aryl methyl sites for hydroxylation is 3. The number of hydrogen-bond acceptors (Lipinski definition) is 8. The Kier molecular flexibility index (Phi) is 20.4. The van der Waals surface area contributed by atoms with Gasteiger partial charge in [0.25, 0.3) is 0 Å². The van der Waals surface area contributed by atoms with Crippen molar-refractivity contribution in [2.75, 3.05) is 0 Å². The van der Waals surface area contributed by atoms with Crippen LogP contribution in [-0.2, 0) is 12.8 Å². The monoisotopic (exact) mass is 1130 g/mol. The number of hydrogen-bond donors (Lipinski definition) is 0. The minimum atomic E-state index is -1.37. The quantitative estimate of drug-likeness (QED) is 0.0265. The molecule has 9 rings (SSSR count). The molecule has 12 heteroatoms. The molecule has 0 fully saturated rings. The largest absolute Gasteiger partial charge is 0.242 e. The van der Waals surface area contributed by atoms with Crippen molar-refractivity contribution in [3.05, 3.63) is 128 Å². The van der Waals surface area contributed by atoms with E-state index in [9.17, 15) is 8.78 Å². The second kappa shape index (κ2) is 27.5. The summed E-state index contributed by atoms with van der Waals surface area (Å²) in [4.78, 5) is 21.5. The molecule has 0 aliphatic carbocycles. The fraction of sp³-hybridized carbons (Fsp3) is 0.406. The predicted octanol–water partition coefficient (Wildman–Crippen LogP) is 23.8. The molecule has 7 heterocycles. The Bertz CT molecular complexity index is 3250. The standard InChI is InChI=1S/C64H70F4N2S6/c1-5-7-9-11-13-15-17-19-21-23-27-43-39-52(75-63(43)50-34-31-41(3)73-50)45-32-33-46(60-59(45)69-61(48-29-25-37-71-48)62(70-60)49-30-26-38-72-49)53-40-44(28-24-22-20-18-16-14-12-10-8-6-2)64(76-53)51-36-35-47(74-51)54-57(67)55(65)42(4)56(66)58(54)68/h25-26,29-40H,5-24,27-28H2,1-4H3. The van der Waals surface area contributed by atoms with E-state index >= 15 is 8.78 Å². The highest BCUT2D eigenvalue weighted by Gasteiger charge is 2.27. The lowest BCUT2D eigenvalue weighted by atomic mass is 10.0. The van der Waals surface area contributed by atoms with E-state index in [1.165, 1.54) is 146 Å². The van der Waals surface area contributed by atoms with Crippen molar-refractivity contribution in [3.63, 3.8) is 0 Å². The van der Waals surface area contributed by atoms with Crippen LogP contribution >= 0.6 is 68.0 Å². The number of benzene rings is 2. The van der Waals surface area contributed by atoms with Gasteiger partial charge >= 0.3 is 0 Å². The second-order valence-electron chi connectivity index (χ2n) is 20.4. The Morgan fingerprint density at radius 2 is 0.803 bits per heavy atom. The van der Waals surface area contributed by atoms with Crippen LogP contribution in [0.3, 0.4) is 0 Å². The van der Waals surface area contributed by atoms with E-state index in [0.717, 1.165) is 103 Å². The van der Waals surface area contributed by atoms with Crippen molar-refractivity contribution in [2.45, 2.75) is 169 Å². The molecule has 0 radical (unpaired) electrons. The fourth-order valence-corrected chi connectivity index (χ4v) is 16.4. The van der Waals surface area contributed by atoms with Gasteiger partial charge in [-0.2, -0.15) is 0 Å². The minimum Gasteiger partial charge on any atom is -0.242 e. The molecule has 400 valence electrons. The second-order valence-corrected chi connectivity index (χ2v) is 26.7. The number of rotatable bonds is 29. The van der Waals surface area contributed by atoms with Gasteiger partial charge in [0.15, 0.2) is 23.3 Å². The highest BCUT2D eigenvalue weighted by Crippen LogP contribution is 2.49. The molecule has 0 amide bonds. The Morgan fingerprint density at radius 3 is 1.21 bits per heavy atom. The molecule has 7 aromatic heterocycles. The lowest BCUT2D eigenvalue weighted by Gasteiger charge is -2.13. The average Bonchev–Trinajstić information content (AvgIpc) is 4.36. The van der Waals surface area contributed by atoms with E-state index in [2.05, 4.69) is 92.2 Å². The van der Waals surface area contributed by atoms with E-state index in [0.29, 0.717) is 0 Å². The summed E-state index contributed by atoms with van der Waals surface area (Å²) in [5.41, 5.74) is 6.61. The fourth-order valence-electron chi connectivity index (χ4n) is 10.3. The number of thiophene rings is 6. The van der Waals surface area contributed by atoms with Crippen LogP contribution < -0.4 is 0 Å². The summed E-state index contributed by atoms with van der Waals surface area (Å²) < 4.78 is 60.9. The molecule has 0 saturated carbocycles. The number of fused-ring (bicyclic) bond motifs is 1. The summed E-state index contributed by atoms with van der Waals surface area (Å²) in [5, 5.41) is 4.18. The maximum Gasteiger partial charge on any atom is 0.170 e. The van der Waals surface area contributed by atoms with Crippen LogP contribution in [0.5, 0.6) is 0 Å². The molecule has 2 nitrogen and oxygen atoms in total. The van der Waals surface area contributed by atoms with Crippen molar-refractivity contribution >= 4 is 79.1 Å². The summed E-state index contributed by atoms with van der Waals surface area (Å²) in [6.45, 7) is 7.78. The van der Waals surface area contributed by atoms with Crippen LogP contribution in [0.2, 0.25) is 0 Å². The van der Waals surface area contributed by atoms with Crippen LogP contribution in [0.15, 0.2) is 83.6 Å². The molecule has 0 aliphatic rings. The molecular formula is C64H70F4N2S6. The maximum absolute atomic E-state index is 15.5. The number of aromatic nitrogens is 2. The van der Waals surface area contributed by atoms with Crippen molar-refractivity contribution < 1.29 is 17.6 Å². The van der Waals surface area contributed by atoms with Crippen molar-refractivity contribution in [3.8, 4) is 72.0 Å². The third kappa shape index (κ3) is 13.4. The molecule has 0 bridgehead atoms. The van der Waals surface area contributed by atoms with E-state index in [1.807, 2.05) is 28.7 Å². The maximum atomic E-state index is 15.5. The topological polar surface area (TPSA) is 25.8 Å². The predicted molar refractivity (Wildman–Crippen MR) is 325 cm³/mol. The minimum absolute atomic E-state index is 0.144. The molecule has 0 N–H and O–H groups in total. The average molecular weight is 1140 g/mol. The molecule has 76 heavy (non-hydrogen) atoms. The molecule has 0 spiro atoms. The SMILES string of the molecule is CCCCCCCCCCCCc1cc(-c2ccc(-c3cc(CCCCCCCCCCCC)c(-c4ccc(-c5c(F)c(F)c(C)c(F)c5F)s4)s3)c3nc(-c4cccs4)c(-c4cccs4)nc23)sc1-c1ccc(C)s1. The zero-order valence-corrected chi connectivity index (χ0v) is 49.4. The Morgan fingerprint density at radius 1 is 0.395 bits per heavy atom. The normalized spacial score (nSPS) is 11.8. The van der Waals surface area contributed by atoms with Gasteiger partial charge in [0.2, 0.25) is 0 Å². The van der Waals surface area contributed by atoms with Gasteiger partial charge in [0.1, 0.15) is 11.4 Å². The Labute approximate surface area is 472 Å². The van der Waals surface area contributed by atoms with E-state index in [1.54, 1.807) is 40.1 Å². The van der Waals surface area contributed by atoms with Gasteiger partial charge in [-0.25, -0.2) is 27.5 Å². The van der Waals surface area contributed by atoms with Crippen molar-refractivity contribution in [2.24, 2.45) is 0 Å². The molecular weight excluding hydrogens is 1070 g/mol. The highest BCUT2D eigenvalue weighted by molar-refractivity contribution is 7.25. The molecule has 0 atom stereocenters. The van der Waals surface area contributed by atoms with Gasteiger partial charge in [-0.15, -0.1) is 68.0 Å². The van der Waals surface area contributed by atoms with Crippen molar-refractivity contribution in [1.29, 1.82) is 0 Å². The van der Waals surface area contributed by atoms with Gasteiger partial charge in [0.05, 0.1) is 26.4 Å². The van der Waals surface area contributed by atoms with Crippen LogP contribution in [0.4, 0.5) is 17.6 Å². The third-order valence-electron chi connectivity index (χ3n) is 14.6. The first kappa shape index (κ1) is 56.4. The molecule has 9 aromatic rings. The molecule has 0 aliphatic heterocycles. The summed E-state index contributed by atoms with van der Waals surface area (Å²) in [6, 6.07) is 25.5. The first-order valence-corrected chi connectivity index (χ1v) is 32.9. The van der Waals surface area contributed by atoms with Gasteiger partial charge in [0, 0.05) is 55.7 Å². The lowest BCUT2D eigenvalue weighted by Crippen LogP contribution is -2.02. The summed E-state index contributed by atoms with van der Waals surface area (Å²) in [6.07, 6.45) is 27.1. The van der Waals surface area contributed by atoms with Gasteiger partial charge in [-0.1, -0.05) is 154 Å². The van der Waals surface area contributed by atoms with Gasteiger partial charge in [-0.05, 0) is 110 Å². The van der Waals surface area contributed by atoms with Crippen LogP contribution in [0.25, 0.3) is 83.0 Å². The zero-order valence-electron chi connectivity index (χ0n) is 44.5. The van der Waals surface area contributed by atoms with Gasteiger partial charge in [-0.3, -0.25) is 0 Å². The van der Waals surface area contributed by atoms with E-state index in [4.69, 9.17) is 9.97 Å². The first-order chi connectivity index (χ1) is 37.1. The Hall–Kier alpha value is -4.30. The van der Waals surface area contributed by atoms with Crippen LogP contribution in [0.1, 0.15) is 164 Å². The first-order valence-electron chi connectivity index (χ1n) is 27.8. The number of halogens is 4. The van der Waals surface area contributed by atoms with Crippen molar-refractivity contribution in [1.82, 2.24) is 9.97 Å². The smallest absolute Gasteiger partial charge is 0.170 e. The summed E-state index contributed by atoms with van der Waals surface area (Å²) in [7, 11) is 0. The zero-order chi connectivity index (χ0) is 53.0. The van der Waals surface area contributed by atoms with Gasteiger partial charge < -0.3 is 0 Å². The van der Waals surface area contributed by atoms with E-state index in [-0.39, 0.29) is 4.88 Å². The third-order valence-corrected chi connectivity index (χ3v) is 21.2. The Balaban J connectivity index is 1.11. The molecule has 2 aromatic carbocycles. The number of nitrogens with zero attached hydrogens (tertiary/aromatic N) is 2. The number of unbranched alkanes of at least 4 members (excludes halogenated alkanes) is 18. The highest BCUT2D eigenvalue weighted by atomic mass is 32.1. The molecule has 0 saturated heterocycles. The van der Waals surface area contributed by atoms with Crippen LogP contribution in [0, 0.1) is 37.1 Å². The lowest BCUT2D eigenvalue weighted by molar-refractivity contribution is 0.449. The molecule has 0 unspecified atom stereocenters. The summed E-state index contributed by atoms with van der Waals surface area (Å²) in [5.74, 6) is -5.47. The summed E-state index contributed by atoms with van der Waals surface area (Å²) >= 11 is 9.85.